The molecule has 1 aromatic carbocycles. The molecule has 1 saturated heterocycles. The van der Waals surface area contributed by atoms with Gasteiger partial charge >= 0.3 is 0 Å². The fourth-order valence-electron chi connectivity index (χ4n) is 2.31. The summed E-state index contributed by atoms with van der Waals surface area (Å²) in [5.41, 5.74) is 2.97. The summed E-state index contributed by atoms with van der Waals surface area (Å²) in [5, 5.41) is 3.56. The molecule has 0 radical (unpaired) electrons. The molecule has 0 spiro atoms. The molecule has 1 nitrogen and oxygen atoms in total. The predicted octanol–water partition coefficient (Wildman–Crippen LogP) is 3.88. The van der Waals surface area contributed by atoms with E-state index in [2.05, 4.69) is 43.4 Å². The van der Waals surface area contributed by atoms with E-state index in [1.165, 1.54) is 24.0 Å². The first-order chi connectivity index (χ1) is 7.77. The molecule has 0 amide bonds. The summed E-state index contributed by atoms with van der Waals surface area (Å²) in [5.74, 6) is 0.729. The minimum Gasteiger partial charge on any atom is -0.314 e. The van der Waals surface area contributed by atoms with Crippen LogP contribution in [0.5, 0.6) is 0 Å². The highest BCUT2D eigenvalue weighted by Crippen LogP contribution is 2.27. The van der Waals surface area contributed by atoms with Crippen LogP contribution in [0.4, 0.5) is 0 Å². The first-order valence-electron chi connectivity index (χ1n) is 6.56. The zero-order valence-corrected chi connectivity index (χ0v) is 11.1. The Balaban J connectivity index is 0.000000606. The number of aryl methyl sites for hydroxylation is 1. The number of hydrogen-bond donors (Lipinski definition) is 1. The minimum absolute atomic E-state index is 0.704. The summed E-state index contributed by atoms with van der Waals surface area (Å²) < 4.78 is 0. The van der Waals surface area contributed by atoms with E-state index in [-0.39, 0.29) is 0 Å². The summed E-state index contributed by atoms with van der Waals surface area (Å²) in [6.45, 7) is 9.63. The van der Waals surface area contributed by atoms with Gasteiger partial charge in [-0.25, -0.2) is 0 Å². The third kappa shape index (κ3) is 3.34. The summed E-state index contributed by atoms with van der Waals surface area (Å²) in [6, 6.07) is 9.47. The van der Waals surface area contributed by atoms with Crippen molar-refractivity contribution >= 4 is 0 Å². The predicted molar refractivity (Wildman–Crippen MR) is 72.0 cm³/mol. The quantitative estimate of drug-likeness (QED) is 0.756. The van der Waals surface area contributed by atoms with Gasteiger partial charge < -0.3 is 5.32 Å². The van der Waals surface area contributed by atoms with Crippen LogP contribution in [0.15, 0.2) is 24.3 Å². The molecule has 1 fully saturated rings. The van der Waals surface area contributed by atoms with E-state index in [1.54, 1.807) is 0 Å². The second-order valence-corrected chi connectivity index (χ2v) is 4.44. The average molecular weight is 219 g/mol. The third-order valence-electron chi connectivity index (χ3n) is 3.29. The molecule has 1 N–H and O–H groups in total. The molecule has 1 aliphatic rings. The molecule has 2 atom stereocenters. The Morgan fingerprint density at radius 1 is 1.12 bits per heavy atom. The van der Waals surface area contributed by atoms with Crippen molar-refractivity contribution in [2.45, 2.75) is 52.5 Å². The molecule has 1 heteroatoms. The maximum atomic E-state index is 3.56. The Labute approximate surface area is 100 Å². The van der Waals surface area contributed by atoms with Crippen LogP contribution in [-0.2, 0) is 0 Å². The van der Waals surface area contributed by atoms with Gasteiger partial charge in [-0.2, -0.15) is 0 Å². The smallest absolute Gasteiger partial charge is 0.00391 e. The fourth-order valence-corrected chi connectivity index (χ4v) is 2.31. The maximum absolute atomic E-state index is 3.56. The number of benzene rings is 1. The van der Waals surface area contributed by atoms with Crippen LogP contribution in [0.2, 0.25) is 0 Å². The van der Waals surface area contributed by atoms with Crippen LogP contribution in [0, 0.1) is 6.92 Å². The molecular formula is C15H25N. The van der Waals surface area contributed by atoms with Crippen LogP contribution < -0.4 is 5.32 Å². The highest BCUT2D eigenvalue weighted by molar-refractivity contribution is 5.29. The van der Waals surface area contributed by atoms with Gasteiger partial charge in [-0.15, -0.1) is 0 Å². The zero-order valence-electron chi connectivity index (χ0n) is 11.1. The lowest BCUT2D eigenvalue weighted by molar-refractivity contribution is 0.384. The highest BCUT2D eigenvalue weighted by Gasteiger charge is 2.19. The van der Waals surface area contributed by atoms with Gasteiger partial charge in [0.1, 0.15) is 0 Å². The van der Waals surface area contributed by atoms with Crippen LogP contribution >= 0.6 is 0 Å². The molecular weight excluding hydrogens is 194 g/mol. The summed E-state index contributed by atoms with van der Waals surface area (Å²) in [7, 11) is 0. The van der Waals surface area contributed by atoms with Crippen molar-refractivity contribution in [3.8, 4) is 0 Å². The van der Waals surface area contributed by atoms with Crippen LogP contribution in [-0.4, -0.2) is 12.6 Å². The number of piperidine rings is 1. The standard InChI is InChI=1S/C13H19N.C2H6/c1-10-5-3-4-6-13(10)12-8-7-11(2)14-9-12;1-2/h3-6,11-12,14H,7-9H2,1-2H3;1-2H3. The van der Waals surface area contributed by atoms with Gasteiger partial charge in [0.15, 0.2) is 0 Å². The van der Waals surface area contributed by atoms with E-state index in [1.807, 2.05) is 13.8 Å². The van der Waals surface area contributed by atoms with Crippen LogP contribution in [0.1, 0.15) is 50.7 Å². The van der Waals surface area contributed by atoms with Crippen molar-refractivity contribution in [1.82, 2.24) is 5.32 Å². The summed E-state index contributed by atoms with van der Waals surface area (Å²) in [6.07, 6.45) is 2.64. The van der Waals surface area contributed by atoms with E-state index in [0.29, 0.717) is 6.04 Å². The maximum Gasteiger partial charge on any atom is 0.00391 e. The lowest BCUT2D eigenvalue weighted by atomic mass is 9.87. The third-order valence-corrected chi connectivity index (χ3v) is 3.29. The lowest BCUT2D eigenvalue weighted by Gasteiger charge is -2.28. The molecule has 1 aromatic rings. The van der Waals surface area contributed by atoms with Gasteiger partial charge in [0.25, 0.3) is 0 Å². The van der Waals surface area contributed by atoms with E-state index in [9.17, 15) is 0 Å². The molecule has 16 heavy (non-hydrogen) atoms. The van der Waals surface area contributed by atoms with Gasteiger partial charge in [-0.1, -0.05) is 38.1 Å². The fraction of sp³-hybridized carbons (Fsp3) is 0.600. The topological polar surface area (TPSA) is 12.0 Å². The van der Waals surface area contributed by atoms with Crippen molar-refractivity contribution in [2.75, 3.05) is 6.54 Å². The second kappa shape index (κ2) is 6.70. The van der Waals surface area contributed by atoms with Gasteiger partial charge in [0.05, 0.1) is 0 Å². The summed E-state index contributed by atoms with van der Waals surface area (Å²) >= 11 is 0. The molecule has 2 unspecified atom stereocenters. The first-order valence-corrected chi connectivity index (χ1v) is 6.56. The summed E-state index contributed by atoms with van der Waals surface area (Å²) in [4.78, 5) is 0. The Kier molecular flexibility index (Phi) is 5.54. The van der Waals surface area contributed by atoms with Gasteiger partial charge in [0.2, 0.25) is 0 Å². The lowest BCUT2D eigenvalue weighted by Crippen LogP contribution is -2.35. The van der Waals surface area contributed by atoms with E-state index >= 15 is 0 Å². The van der Waals surface area contributed by atoms with Crippen LogP contribution in [0.25, 0.3) is 0 Å². The molecule has 0 bridgehead atoms. The molecule has 0 saturated carbocycles. The molecule has 0 aliphatic carbocycles. The van der Waals surface area contributed by atoms with Crippen molar-refractivity contribution in [2.24, 2.45) is 0 Å². The number of rotatable bonds is 1. The van der Waals surface area contributed by atoms with E-state index in [4.69, 9.17) is 0 Å². The average Bonchev–Trinajstić information content (AvgIpc) is 2.34. The SMILES string of the molecule is CC.Cc1ccccc1C1CCC(C)NC1. The van der Waals surface area contributed by atoms with Crippen molar-refractivity contribution in [1.29, 1.82) is 0 Å². The number of nitrogens with one attached hydrogen (secondary N) is 1. The highest BCUT2D eigenvalue weighted by atomic mass is 14.9. The Bertz CT molecular complexity index is 298. The first kappa shape index (κ1) is 13.2. The van der Waals surface area contributed by atoms with Crippen molar-refractivity contribution < 1.29 is 0 Å². The molecule has 2 rings (SSSR count). The second-order valence-electron chi connectivity index (χ2n) is 4.44. The van der Waals surface area contributed by atoms with Crippen molar-refractivity contribution in [3.05, 3.63) is 35.4 Å². The molecule has 0 aromatic heterocycles. The monoisotopic (exact) mass is 219 g/mol. The van der Waals surface area contributed by atoms with Gasteiger partial charge in [0, 0.05) is 12.6 Å². The molecule has 1 heterocycles. The normalized spacial score (nSPS) is 24.5. The molecule has 90 valence electrons. The Morgan fingerprint density at radius 2 is 1.81 bits per heavy atom. The largest absolute Gasteiger partial charge is 0.314 e. The van der Waals surface area contributed by atoms with Crippen molar-refractivity contribution in [3.63, 3.8) is 0 Å². The van der Waals surface area contributed by atoms with E-state index < -0.39 is 0 Å². The van der Waals surface area contributed by atoms with E-state index in [0.717, 1.165) is 12.5 Å². The van der Waals surface area contributed by atoms with Gasteiger partial charge in [-0.05, 0) is 43.7 Å². The Morgan fingerprint density at radius 3 is 2.38 bits per heavy atom. The zero-order chi connectivity index (χ0) is 12.0. The van der Waals surface area contributed by atoms with Gasteiger partial charge in [-0.3, -0.25) is 0 Å². The molecule has 1 aliphatic heterocycles. The minimum atomic E-state index is 0.704. The number of hydrogen-bond acceptors (Lipinski definition) is 1. The van der Waals surface area contributed by atoms with Crippen LogP contribution in [0.3, 0.4) is 0 Å². The Hall–Kier alpha value is -0.820.